The first-order valence-electron chi connectivity index (χ1n) is 5.47. The molecule has 0 aromatic heterocycles. The van der Waals surface area contributed by atoms with Gasteiger partial charge >= 0.3 is 0 Å². The highest BCUT2D eigenvalue weighted by Gasteiger charge is 2.25. The summed E-state index contributed by atoms with van der Waals surface area (Å²) >= 11 is 4.16. The minimum Gasteiger partial charge on any atom is -0.493 e. The molecule has 0 bridgehead atoms. The van der Waals surface area contributed by atoms with Crippen molar-refractivity contribution < 1.29 is 18.9 Å². The Labute approximate surface area is 106 Å². The average Bonchev–Trinajstić information content (AvgIpc) is 2.84. The number of hydrogen-bond donors (Lipinski definition) is 1. The summed E-state index contributed by atoms with van der Waals surface area (Å²) in [4.78, 5) is 0. The Balaban J connectivity index is 1.85. The van der Waals surface area contributed by atoms with Gasteiger partial charge in [0.2, 0.25) is 0 Å². The molecule has 1 saturated heterocycles. The van der Waals surface area contributed by atoms with E-state index >= 15 is 0 Å². The van der Waals surface area contributed by atoms with Gasteiger partial charge in [-0.25, -0.2) is 0 Å². The van der Waals surface area contributed by atoms with E-state index in [2.05, 4.69) is 12.6 Å². The lowest BCUT2D eigenvalue weighted by Crippen LogP contribution is -2.20. The largest absolute Gasteiger partial charge is 0.493 e. The molecule has 2 rings (SSSR count). The first-order chi connectivity index (χ1) is 8.33. The van der Waals surface area contributed by atoms with Crippen LogP contribution in [0.5, 0.6) is 11.5 Å². The molecular weight excluding hydrogens is 240 g/mol. The van der Waals surface area contributed by atoms with Gasteiger partial charge in [0.1, 0.15) is 6.61 Å². The van der Waals surface area contributed by atoms with Crippen molar-refractivity contribution in [1.29, 1.82) is 0 Å². The molecule has 2 atom stereocenters. The van der Waals surface area contributed by atoms with Gasteiger partial charge in [0.05, 0.1) is 19.8 Å². The van der Waals surface area contributed by atoms with Crippen LogP contribution in [-0.4, -0.2) is 38.5 Å². The average molecular weight is 256 g/mol. The van der Waals surface area contributed by atoms with Gasteiger partial charge in [0.15, 0.2) is 17.8 Å². The summed E-state index contributed by atoms with van der Waals surface area (Å²) in [6.45, 7) is 0.925. The summed E-state index contributed by atoms with van der Waals surface area (Å²) in [6.07, 6.45) is -0.262. The van der Waals surface area contributed by atoms with E-state index in [0.29, 0.717) is 30.5 Å². The zero-order chi connectivity index (χ0) is 12.1. The van der Waals surface area contributed by atoms with Crippen molar-refractivity contribution in [1.82, 2.24) is 0 Å². The molecule has 1 aromatic carbocycles. The standard InChI is InChI=1S/C12H16O4S/c1-13-10-4-2-3-5-11(10)14-7-12-15-6-9(8-17)16-12/h2-5,9,12,17H,6-8H2,1H3. The first kappa shape index (κ1) is 12.5. The number of benzene rings is 1. The van der Waals surface area contributed by atoms with E-state index in [1.807, 2.05) is 24.3 Å². The van der Waals surface area contributed by atoms with Gasteiger partial charge < -0.3 is 18.9 Å². The maximum Gasteiger partial charge on any atom is 0.192 e. The molecule has 0 spiro atoms. The monoisotopic (exact) mass is 256 g/mol. The van der Waals surface area contributed by atoms with Crippen LogP contribution in [0.2, 0.25) is 0 Å². The normalized spacial score (nSPS) is 23.6. The molecular formula is C12H16O4S. The predicted octanol–water partition coefficient (Wildman–Crippen LogP) is 1.75. The van der Waals surface area contributed by atoms with Crippen LogP contribution < -0.4 is 9.47 Å². The fourth-order valence-corrected chi connectivity index (χ4v) is 1.78. The Kier molecular flexibility index (Phi) is 4.53. The second-order valence-electron chi connectivity index (χ2n) is 3.67. The molecule has 1 aromatic rings. The third-order valence-electron chi connectivity index (χ3n) is 2.46. The van der Waals surface area contributed by atoms with Crippen LogP contribution in [0.1, 0.15) is 0 Å². The van der Waals surface area contributed by atoms with Crippen molar-refractivity contribution in [2.24, 2.45) is 0 Å². The fourth-order valence-electron chi connectivity index (χ4n) is 1.59. The van der Waals surface area contributed by atoms with Gasteiger partial charge in [-0.3, -0.25) is 0 Å². The van der Waals surface area contributed by atoms with Crippen LogP contribution in [0.15, 0.2) is 24.3 Å². The number of hydrogen-bond acceptors (Lipinski definition) is 5. The van der Waals surface area contributed by atoms with E-state index in [9.17, 15) is 0 Å². The Morgan fingerprint density at radius 3 is 2.76 bits per heavy atom. The minimum atomic E-state index is -0.322. The zero-order valence-corrected chi connectivity index (χ0v) is 10.6. The lowest BCUT2D eigenvalue weighted by Gasteiger charge is -2.13. The maximum atomic E-state index is 5.60. The van der Waals surface area contributed by atoms with Gasteiger partial charge in [-0.15, -0.1) is 0 Å². The quantitative estimate of drug-likeness (QED) is 0.814. The fraction of sp³-hybridized carbons (Fsp3) is 0.500. The van der Waals surface area contributed by atoms with E-state index in [1.54, 1.807) is 7.11 Å². The minimum absolute atomic E-state index is 0.0598. The summed E-state index contributed by atoms with van der Waals surface area (Å²) in [6, 6.07) is 7.49. The van der Waals surface area contributed by atoms with Gasteiger partial charge in [-0.05, 0) is 12.1 Å². The summed E-state index contributed by atoms with van der Waals surface area (Å²) in [5, 5.41) is 0. The molecule has 17 heavy (non-hydrogen) atoms. The molecule has 1 fully saturated rings. The maximum absolute atomic E-state index is 5.60. The van der Waals surface area contributed by atoms with E-state index in [4.69, 9.17) is 18.9 Å². The third-order valence-corrected chi connectivity index (χ3v) is 2.87. The van der Waals surface area contributed by atoms with Crippen molar-refractivity contribution in [3.63, 3.8) is 0 Å². The third kappa shape index (κ3) is 3.28. The van der Waals surface area contributed by atoms with E-state index in [1.165, 1.54) is 0 Å². The number of methoxy groups -OCH3 is 1. The highest BCUT2D eigenvalue weighted by molar-refractivity contribution is 7.80. The highest BCUT2D eigenvalue weighted by atomic mass is 32.1. The Morgan fingerprint density at radius 2 is 2.12 bits per heavy atom. The van der Waals surface area contributed by atoms with Gasteiger partial charge in [-0.1, -0.05) is 12.1 Å². The first-order valence-corrected chi connectivity index (χ1v) is 6.10. The van der Waals surface area contributed by atoms with Crippen molar-refractivity contribution >= 4 is 12.6 Å². The topological polar surface area (TPSA) is 36.9 Å². The predicted molar refractivity (Wildman–Crippen MR) is 67.0 cm³/mol. The number of ether oxygens (including phenoxy) is 4. The Morgan fingerprint density at radius 1 is 1.35 bits per heavy atom. The Hall–Kier alpha value is -0.910. The molecule has 4 nitrogen and oxygen atoms in total. The molecule has 0 aliphatic carbocycles. The summed E-state index contributed by atoms with van der Waals surface area (Å²) in [5.74, 6) is 2.05. The molecule has 0 amide bonds. The SMILES string of the molecule is COc1ccccc1OCC1OCC(CS)O1. The van der Waals surface area contributed by atoms with E-state index in [0.717, 1.165) is 0 Å². The van der Waals surface area contributed by atoms with Crippen molar-refractivity contribution in [2.75, 3.05) is 26.1 Å². The second-order valence-corrected chi connectivity index (χ2v) is 4.03. The number of thiol groups is 1. The van der Waals surface area contributed by atoms with Crippen LogP contribution in [-0.2, 0) is 9.47 Å². The van der Waals surface area contributed by atoms with Crippen molar-refractivity contribution in [3.05, 3.63) is 24.3 Å². The van der Waals surface area contributed by atoms with Gasteiger partial charge in [0.25, 0.3) is 0 Å². The van der Waals surface area contributed by atoms with Gasteiger partial charge in [0, 0.05) is 5.75 Å². The second kappa shape index (κ2) is 6.14. The molecule has 5 heteroatoms. The van der Waals surface area contributed by atoms with Crippen molar-refractivity contribution in [3.8, 4) is 11.5 Å². The van der Waals surface area contributed by atoms with Crippen molar-refractivity contribution in [2.45, 2.75) is 12.4 Å². The van der Waals surface area contributed by atoms with Crippen LogP contribution in [0.3, 0.4) is 0 Å². The smallest absolute Gasteiger partial charge is 0.192 e. The summed E-state index contributed by atoms with van der Waals surface area (Å²) < 4.78 is 21.7. The molecule has 0 saturated carbocycles. The summed E-state index contributed by atoms with van der Waals surface area (Å²) in [5.41, 5.74) is 0. The van der Waals surface area contributed by atoms with E-state index < -0.39 is 0 Å². The van der Waals surface area contributed by atoms with Crippen LogP contribution >= 0.6 is 12.6 Å². The lowest BCUT2D eigenvalue weighted by molar-refractivity contribution is -0.0789. The van der Waals surface area contributed by atoms with Gasteiger partial charge in [-0.2, -0.15) is 12.6 Å². The number of para-hydroxylation sites is 2. The van der Waals surface area contributed by atoms with Crippen LogP contribution in [0.4, 0.5) is 0 Å². The van der Waals surface area contributed by atoms with E-state index in [-0.39, 0.29) is 12.4 Å². The van der Waals surface area contributed by atoms with Crippen LogP contribution in [0.25, 0.3) is 0 Å². The molecule has 0 radical (unpaired) electrons. The molecule has 1 aliphatic rings. The zero-order valence-electron chi connectivity index (χ0n) is 9.67. The molecule has 94 valence electrons. The Bertz CT molecular complexity index is 358. The molecule has 1 heterocycles. The highest BCUT2D eigenvalue weighted by Crippen LogP contribution is 2.26. The summed E-state index contributed by atoms with van der Waals surface area (Å²) in [7, 11) is 1.61. The molecule has 1 aliphatic heterocycles. The number of rotatable bonds is 5. The molecule has 2 unspecified atom stereocenters. The van der Waals surface area contributed by atoms with Crippen LogP contribution in [0, 0.1) is 0 Å². The lowest BCUT2D eigenvalue weighted by atomic mass is 10.3. The molecule has 0 N–H and O–H groups in total.